The second kappa shape index (κ2) is 10.1. The molecule has 1 atom stereocenters. The molecule has 3 aromatic rings. The zero-order valence-electron chi connectivity index (χ0n) is 20.7. The molecule has 9 heteroatoms. The Morgan fingerprint density at radius 3 is 2.22 bits per heavy atom. The topological polar surface area (TPSA) is 105 Å². The molecule has 0 radical (unpaired) electrons. The molecule has 1 aliphatic heterocycles. The fourth-order valence-electron chi connectivity index (χ4n) is 5.25. The first-order valence-corrected chi connectivity index (χ1v) is 14.0. The number of sulfonamides is 1. The monoisotopic (exact) mass is 518 g/mol. The number of non-ortho nitro benzene ring substituents is 1. The third kappa shape index (κ3) is 4.89. The molecule has 1 unspecified atom stereocenters. The van der Waals surface area contributed by atoms with Gasteiger partial charge in [0.2, 0.25) is 0 Å². The summed E-state index contributed by atoms with van der Waals surface area (Å²) >= 11 is 0. The largest absolute Gasteiger partial charge is 0.286 e. The van der Waals surface area contributed by atoms with Gasteiger partial charge in [0.15, 0.2) is 5.66 Å². The molecule has 1 aliphatic carbocycles. The summed E-state index contributed by atoms with van der Waals surface area (Å²) in [5.41, 5.74) is 1.77. The minimum absolute atomic E-state index is 0.0493. The fourth-order valence-corrected chi connectivity index (χ4v) is 6.76. The van der Waals surface area contributed by atoms with Crippen LogP contribution in [0, 0.1) is 17.0 Å². The van der Waals surface area contributed by atoms with Gasteiger partial charge < -0.3 is 0 Å². The van der Waals surface area contributed by atoms with Crippen LogP contribution in [0.25, 0.3) is 0 Å². The summed E-state index contributed by atoms with van der Waals surface area (Å²) in [7, 11) is -4.08. The van der Waals surface area contributed by atoms with Gasteiger partial charge in [0.05, 0.1) is 15.5 Å². The normalized spacial score (nSPS) is 20.6. The molecule has 0 saturated heterocycles. The van der Waals surface area contributed by atoms with Crippen molar-refractivity contribution in [2.45, 2.75) is 62.0 Å². The molecule has 1 fully saturated rings. The quantitative estimate of drug-likeness (QED) is 0.330. The van der Waals surface area contributed by atoms with Gasteiger partial charge in [0.1, 0.15) is 0 Å². The SMILES string of the molecule is Cc1ccc(S(=O)(=O)N2N=C(c3ccccc3)CC2(NC2CCCCC2)c2ccc([N+](=O)[O-])cc2)cc1. The smallest absolute Gasteiger partial charge is 0.281 e. The zero-order valence-corrected chi connectivity index (χ0v) is 21.5. The number of hydrogen-bond acceptors (Lipinski definition) is 6. The summed E-state index contributed by atoms with van der Waals surface area (Å²) in [6, 6.07) is 22.5. The first-order valence-electron chi connectivity index (χ1n) is 12.6. The molecule has 2 aliphatic rings. The van der Waals surface area contributed by atoms with Crippen molar-refractivity contribution in [2.24, 2.45) is 5.10 Å². The number of aryl methyl sites for hydroxylation is 1. The van der Waals surface area contributed by atoms with Gasteiger partial charge in [-0.25, -0.2) is 0 Å². The molecule has 3 aromatic carbocycles. The van der Waals surface area contributed by atoms with Crippen LogP contribution in [0.1, 0.15) is 55.2 Å². The van der Waals surface area contributed by atoms with E-state index in [9.17, 15) is 18.5 Å². The molecular weight excluding hydrogens is 488 g/mol. The van der Waals surface area contributed by atoms with E-state index in [0.717, 1.165) is 43.2 Å². The molecule has 192 valence electrons. The molecule has 0 aromatic heterocycles. The molecule has 1 N–H and O–H groups in total. The summed E-state index contributed by atoms with van der Waals surface area (Å²) in [4.78, 5) is 11.1. The predicted molar refractivity (Wildman–Crippen MR) is 143 cm³/mol. The number of benzene rings is 3. The minimum Gasteiger partial charge on any atom is -0.286 e. The summed E-state index contributed by atoms with van der Waals surface area (Å²) < 4.78 is 29.6. The molecule has 1 saturated carbocycles. The maximum Gasteiger partial charge on any atom is 0.281 e. The minimum atomic E-state index is -4.08. The average molecular weight is 519 g/mol. The van der Waals surface area contributed by atoms with E-state index in [1.807, 2.05) is 37.3 Å². The Kier molecular flexibility index (Phi) is 6.83. The van der Waals surface area contributed by atoms with Crippen molar-refractivity contribution in [1.29, 1.82) is 0 Å². The van der Waals surface area contributed by atoms with E-state index < -0.39 is 20.6 Å². The standard InChI is InChI=1S/C28H30N4O4S/c1-21-12-18-26(19-13-21)37(35,36)32-28(29-24-10-6-3-7-11-24,23-14-16-25(17-15-23)31(33)34)20-27(30-32)22-8-4-2-5-9-22/h2,4-5,8-9,12-19,24,29H,3,6-7,10-11,20H2,1H3. The van der Waals surface area contributed by atoms with Crippen LogP contribution in [-0.4, -0.2) is 29.5 Å². The zero-order chi connectivity index (χ0) is 26.0. The summed E-state index contributed by atoms with van der Waals surface area (Å²) in [5, 5.41) is 19.8. The van der Waals surface area contributed by atoms with Crippen LogP contribution in [-0.2, 0) is 15.7 Å². The third-order valence-electron chi connectivity index (χ3n) is 7.22. The van der Waals surface area contributed by atoms with Gasteiger partial charge in [-0.1, -0.05) is 67.3 Å². The lowest BCUT2D eigenvalue weighted by Gasteiger charge is -2.41. The lowest BCUT2D eigenvalue weighted by molar-refractivity contribution is -0.384. The van der Waals surface area contributed by atoms with Gasteiger partial charge in [-0.2, -0.15) is 17.9 Å². The van der Waals surface area contributed by atoms with Crippen LogP contribution in [0.3, 0.4) is 0 Å². The van der Waals surface area contributed by atoms with Gasteiger partial charge >= 0.3 is 0 Å². The van der Waals surface area contributed by atoms with Crippen LogP contribution < -0.4 is 5.32 Å². The number of nitro benzene ring substituents is 1. The number of nitrogens with zero attached hydrogens (tertiary/aromatic N) is 3. The summed E-state index contributed by atoms with van der Waals surface area (Å²) in [6.45, 7) is 1.91. The number of hydrazone groups is 1. The van der Waals surface area contributed by atoms with Crippen molar-refractivity contribution in [2.75, 3.05) is 0 Å². The number of rotatable bonds is 7. The number of nitro groups is 1. The lowest BCUT2D eigenvalue weighted by Crippen LogP contribution is -2.57. The Bertz CT molecular complexity index is 1400. The lowest BCUT2D eigenvalue weighted by atomic mass is 9.88. The Hall–Kier alpha value is -3.56. The van der Waals surface area contributed by atoms with E-state index in [0.29, 0.717) is 11.3 Å². The van der Waals surface area contributed by atoms with E-state index in [2.05, 4.69) is 5.32 Å². The van der Waals surface area contributed by atoms with Gasteiger partial charge in [-0.05, 0) is 55.2 Å². The maximum atomic E-state index is 14.2. The summed E-state index contributed by atoms with van der Waals surface area (Å²) in [5.74, 6) is 0. The van der Waals surface area contributed by atoms with Gasteiger partial charge in [0, 0.05) is 24.6 Å². The Morgan fingerprint density at radius 2 is 1.59 bits per heavy atom. The van der Waals surface area contributed by atoms with Crippen LogP contribution in [0.5, 0.6) is 0 Å². The van der Waals surface area contributed by atoms with Crippen LogP contribution in [0.4, 0.5) is 5.69 Å². The van der Waals surface area contributed by atoms with Crippen LogP contribution in [0.15, 0.2) is 88.9 Å². The first kappa shape index (κ1) is 25.1. The highest BCUT2D eigenvalue weighted by atomic mass is 32.2. The van der Waals surface area contributed by atoms with E-state index in [1.165, 1.54) is 16.5 Å². The van der Waals surface area contributed by atoms with Gasteiger partial charge in [0.25, 0.3) is 15.7 Å². The average Bonchev–Trinajstić information content (AvgIpc) is 3.31. The predicted octanol–water partition coefficient (Wildman–Crippen LogP) is 5.48. The number of nitrogens with one attached hydrogen (secondary N) is 1. The van der Waals surface area contributed by atoms with E-state index >= 15 is 0 Å². The van der Waals surface area contributed by atoms with E-state index in [-0.39, 0.29) is 23.0 Å². The van der Waals surface area contributed by atoms with Crippen molar-refractivity contribution in [3.8, 4) is 0 Å². The Balaban J connectivity index is 1.69. The Labute approximate surface area is 217 Å². The van der Waals surface area contributed by atoms with Crippen molar-refractivity contribution in [3.63, 3.8) is 0 Å². The molecule has 37 heavy (non-hydrogen) atoms. The van der Waals surface area contributed by atoms with Gasteiger partial charge in [-0.3, -0.25) is 15.4 Å². The molecule has 0 spiro atoms. The first-order chi connectivity index (χ1) is 17.8. The molecule has 1 heterocycles. The Morgan fingerprint density at radius 1 is 0.946 bits per heavy atom. The van der Waals surface area contributed by atoms with E-state index in [4.69, 9.17) is 5.10 Å². The van der Waals surface area contributed by atoms with Gasteiger partial charge in [-0.15, -0.1) is 0 Å². The second-order valence-electron chi connectivity index (χ2n) is 9.79. The van der Waals surface area contributed by atoms with E-state index in [1.54, 1.807) is 36.4 Å². The molecule has 8 nitrogen and oxygen atoms in total. The molecule has 0 amide bonds. The van der Waals surface area contributed by atoms with Crippen molar-refractivity contribution in [3.05, 3.63) is 106 Å². The third-order valence-corrected chi connectivity index (χ3v) is 8.94. The molecule has 5 rings (SSSR count). The maximum absolute atomic E-state index is 14.2. The highest BCUT2D eigenvalue weighted by Crippen LogP contribution is 2.42. The number of hydrogen-bond donors (Lipinski definition) is 1. The molecule has 0 bridgehead atoms. The van der Waals surface area contributed by atoms with Crippen LogP contribution >= 0.6 is 0 Å². The second-order valence-corrected chi connectivity index (χ2v) is 11.6. The van der Waals surface area contributed by atoms with Crippen molar-refractivity contribution < 1.29 is 13.3 Å². The fraction of sp³-hybridized carbons (Fsp3) is 0.321. The van der Waals surface area contributed by atoms with Crippen molar-refractivity contribution >= 4 is 21.4 Å². The van der Waals surface area contributed by atoms with Crippen LogP contribution in [0.2, 0.25) is 0 Å². The van der Waals surface area contributed by atoms with Crippen molar-refractivity contribution in [1.82, 2.24) is 9.73 Å². The highest BCUT2D eigenvalue weighted by Gasteiger charge is 2.51. The molecular formula is C28H30N4O4S. The highest BCUT2D eigenvalue weighted by molar-refractivity contribution is 7.89. The summed E-state index contributed by atoms with van der Waals surface area (Å²) in [6.07, 6.45) is 5.41.